The van der Waals surface area contributed by atoms with Crippen molar-refractivity contribution >= 4 is 12.0 Å². The molecule has 18 heteroatoms. The summed E-state index contributed by atoms with van der Waals surface area (Å²) in [7, 11) is 1.27. The molecule has 0 unspecified atom stereocenters. The number of hydrogen-bond donors (Lipinski definition) is 0. The van der Waals surface area contributed by atoms with Crippen LogP contribution < -0.4 is 42.0 Å². The first-order valence-electron chi connectivity index (χ1n) is 13.1. The molecule has 0 aliphatic heterocycles. The standard InChI is InChI=1S/C25H43N5O3.2ClHO4/c1-28(2)25(32)33-22-16-15-18-27-23(22)24(31)30(5,6)20-14-12-10-8-7-9-11-13-19-29(3,4)21-17-26;2*2-1(3,4)5/h15-16,18H,7-14,19-21H2,1-6H3;2*(H,2,3,4,5)/q+2;;/p-2. The van der Waals surface area contributed by atoms with E-state index in [9.17, 15) is 9.59 Å². The van der Waals surface area contributed by atoms with E-state index in [4.69, 9.17) is 47.3 Å². The Balaban J connectivity index is 0. The molecular weight excluding hydrogens is 617 g/mol. The zero-order chi connectivity index (χ0) is 33.9. The Morgan fingerprint density at radius 3 is 1.67 bits per heavy atom. The van der Waals surface area contributed by atoms with Gasteiger partial charge < -0.3 is 14.1 Å². The zero-order valence-corrected chi connectivity index (χ0v) is 27.0. The zero-order valence-electron chi connectivity index (χ0n) is 25.5. The van der Waals surface area contributed by atoms with Crippen LogP contribution in [0.5, 0.6) is 5.75 Å². The highest BCUT2D eigenvalue weighted by molar-refractivity contribution is 5.90. The van der Waals surface area contributed by atoms with Crippen LogP contribution in [-0.4, -0.2) is 92.8 Å². The Kier molecular flexibility index (Phi) is 20.6. The van der Waals surface area contributed by atoms with Crippen LogP contribution in [0.3, 0.4) is 0 Å². The molecule has 16 nitrogen and oxygen atoms in total. The molecule has 0 radical (unpaired) electrons. The first-order valence-corrected chi connectivity index (χ1v) is 15.6. The molecule has 0 spiro atoms. The second kappa shape index (κ2) is 20.7. The van der Waals surface area contributed by atoms with Gasteiger partial charge >= 0.3 is 12.0 Å². The highest BCUT2D eigenvalue weighted by Crippen LogP contribution is 2.21. The third kappa shape index (κ3) is 27.1. The minimum Gasteiger partial charge on any atom is -0.407 e. The molecule has 1 heterocycles. The molecule has 0 aromatic carbocycles. The fourth-order valence-corrected chi connectivity index (χ4v) is 3.59. The summed E-state index contributed by atoms with van der Waals surface area (Å²) >= 11 is 0. The van der Waals surface area contributed by atoms with E-state index in [0.717, 1.165) is 23.9 Å². The molecule has 0 atom stereocenters. The van der Waals surface area contributed by atoms with Gasteiger partial charge in [-0.1, -0.05) is 25.7 Å². The number of aromatic nitrogens is 1. The molecule has 0 saturated carbocycles. The molecule has 0 aliphatic rings. The van der Waals surface area contributed by atoms with E-state index in [1.807, 2.05) is 14.1 Å². The molecule has 248 valence electrons. The van der Waals surface area contributed by atoms with Crippen molar-refractivity contribution < 1.29 is 81.1 Å². The number of carbonyl (C=O) groups excluding carboxylic acids is 2. The summed E-state index contributed by atoms with van der Waals surface area (Å²) in [5, 5.41) is 8.84. The van der Waals surface area contributed by atoms with Crippen molar-refractivity contribution in [2.75, 3.05) is 61.9 Å². The lowest BCUT2D eigenvalue weighted by molar-refractivity contribution is -2.00. The number of pyridine rings is 1. The summed E-state index contributed by atoms with van der Waals surface area (Å²) in [5.41, 5.74) is 0.189. The van der Waals surface area contributed by atoms with Gasteiger partial charge in [-0.25, -0.2) is 51.8 Å². The minimum absolute atomic E-state index is 0.158. The third-order valence-corrected chi connectivity index (χ3v) is 5.81. The van der Waals surface area contributed by atoms with Crippen LogP contribution in [-0.2, 0) is 0 Å². The average Bonchev–Trinajstić information content (AvgIpc) is 2.82. The first-order chi connectivity index (χ1) is 19.5. The Labute approximate surface area is 257 Å². The number of rotatable bonds is 14. The van der Waals surface area contributed by atoms with E-state index in [2.05, 4.69) is 25.1 Å². The fourth-order valence-electron chi connectivity index (χ4n) is 3.59. The molecule has 0 saturated heterocycles. The van der Waals surface area contributed by atoms with Crippen molar-refractivity contribution in [1.82, 2.24) is 9.88 Å². The van der Waals surface area contributed by atoms with Gasteiger partial charge in [0.15, 0.2) is 12.3 Å². The van der Waals surface area contributed by atoms with Gasteiger partial charge in [0.2, 0.25) is 5.69 Å². The maximum atomic E-state index is 13.1. The number of nitriles is 1. The number of unbranched alkanes of at least 4 members (excludes halogenated alkanes) is 7. The van der Waals surface area contributed by atoms with Crippen LogP contribution in [0.15, 0.2) is 18.3 Å². The quantitative estimate of drug-likeness (QED) is 0.103. The van der Waals surface area contributed by atoms with Gasteiger partial charge in [0.1, 0.15) is 6.07 Å². The van der Waals surface area contributed by atoms with Gasteiger partial charge in [-0.3, -0.25) is 4.48 Å². The predicted octanol–water partition coefficient (Wildman–Crippen LogP) is -5.43. The highest BCUT2D eigenvalue weighted by Gasteiger charge is 2.32. The highest BCUT2D eigenvalue weighted by atomic mass is 35.7. The Morgan fingerprint density at radius 1 is 0.837 bits per heavy atom. The summed E-state index contributed by atoms with van der Waals surface area (Å²) < 4.78 is 74.2. The van der Waals surface area contributed by atoms with Crippen molar-refractivity contribution in [2.45, 2.75) is 51.4 Å². The normalized spacial score (nSPS) is 11.7. The van der Waals surface area contributed by atoms with Gasteiger partial charge in [0.25, 0.3) is 0 Å². The van der Waals surface area contributed by atoms with E-state index in [0.29, 0.717) is 13.1 Å². The predicted molar refractivity (Wildman–Crippen MR) is 130 cm³/mol. The average molecular weight is 661 g/mol. The Bertz CT molecular complexity index is 971. The largest absolute Gasteiger partial charge is 0.414 e. The van der Waals surface area contributed by atoms with Crippen LogP contribution in [0.2, 0.25) is 0 Å². The fraction of sp³-hybridized carbons (Fsp3) is 0.680. The van der Waals surface area contributed by atoms with Gasteiger partial charge in [0, 0.05) is 20.3 Å². The molecule has 1 aromatic rings. The molecule has 43 heavy (non-hydrogen) atoms. The maximum Gasteiger partial charge on any atom is 0.414 e. The first kappa shape index (κ1) is 42.9. The molecule has 1 rings (SSSR count). The number of nitrogens with zero attached hydrogens (tertiary/aromatic N) is 5. The summed E-state index contributed by atoms with van der Waals surface area (Å²) in [6.07, 6.45) is 10.3. The summed E-state index contributed by atoms with van der Waals surface area (Å²) in [5.74, 6) is 0.0390. The van der Waals surface area contributed by atoms with Crippen molar-refractivity contribution in [3.8, 4) is 11.8 Å². The monoisotopic (exact) mass is 659 g/mol. The van der Waals surface area contributed by atoms with Crippen molar-refractivity contribution in [1.29, 1.82) is 5.26 Å². The van der Waals surface area contributed by atoms with Crippen LogP contribution >= 0.6 is 0 Å². The lowest BCUT2D eigenvalue weighted by Crippen LogP contribution is -2.68. The number of halogens is 2. The van der Waals surface area contributed by atoms with Gasteiger partial charge in [-0.05, 0) is 37.8 Å². The number of ether oxygens (including phenoxy) is 1. The molecule has 1 aromatic heterocycles. The molecule has 0 fully saturated rings. The van der Waals surface area contributed by atoms with Crippen molar-refractivity contribution in [3.63, 3.8) is 0 Å². The van der Waals surface area contributed by atoms with Gasteiger partial charge in [0.05, 0.1) is 41.3 Å². The minimum atomic E-state index is -4.94. The van der Waals surface area contributed by atoms with Crippen molar-refractivity contribution in [2.24, 2.45) is 0 Å². The van der Waals surface area contributed by atoms with Crippen LogP contribution in [0.25, 0.3) is 0 Å². The molecule has 0 bridgehead atoms. The molecular formula is C25H43Cl2N5O11. The van der Waals surface area contributed by atoms with E-state index in [1.165, 1.54) is 43.4 Å². The van der Waals surface area contributed by atoms with E-state index in [-0.39, 0.29) is 21.8 Å². The lowest BCUT2D eigenvalue weighted by Gasteiger charge is -2.27. The summed E-state index contributed by atoms with van der Waals surface area (Å²) in [4.78, 5) is 30.5. The topological polar surface area (TPSA) is 268 Å². The van der Waals surface area contributed by atoms with Gasteiger partial charge in [-0.2, -0.15) is 5.26 Å². The summed E-state index contributed by atoms with van der Waals surface area (Å²) in [6, 6.07) is 5.51. The molecule has 0 aliphatic carbocycles. The molecule has 2 amide bonds. The summed E-state index contributed by atoms with van der Waals surface area (Å²) in [6.45, 7) is 2.34. The third-order valence-electron chi connectivity index (χ3n) is 5.81. The van der Waals surface area contributed by atoms with E-state index >= 15 is 0 Å². The smallest absolute Gasteiger partial charge is 0.407 e. The van der Waals surface area contributed by atoms with Crippen LogP contribution in [0, 0.1) is 31.8 Å². The number of quaternary nitrogens is 2. The number of amides is 2. The maximum absolute atomic E-state index is 13.1. The SMILES string of the molecule is CN(C)C(=O)Oc1cccnc1C(=O)[N+](C)(C)CCCCCCCCCC[N+](C)(C)CC#N.[O-][Cl+3]([O-])([O-])[O-].[O-][Cl+3]([O-])([O-])[O-]. The van der Waals surface area contributed by atoms with Crippen LogP contribution in [0.4, 0.5) is 4.79 Å². The Morgan fingerprint density at radius 2 is 1.26 bits per heavy atom. The second-order valence-corrected chi connectivity index (χ2v) is 12.4. The number of hydrogen-bond acceptors (Lipinski definition) is 13. The van der Waals surface area contributed by atoms with Crippen LogP contribution in [0.1, 0.15) is 61.9 Å². The van der Waals surface area contributed by atoms with Gasteiger partial charge in [-0.15, -0.1) is 20.5 Å². The molecule has 0 N–H and O–H groups in total. The Hall–Kier alpha value is -2.24. The number of carbonyl (C=O) groups is 2. The second-order valence-electron chi connectivity index (χ2n) is 10.9. The lowest BCUT2D eigenvalue weighted by atomic mass is 10.1. The van der Waals surface area contributed by atoms with E-state index < -0.39 is 26.6 Å². The van der Waals surface area contributed by atoms with Crippen molar-refractivity contribution in [3.05, 3.63) is 24.0 Å². The van der Waals surface area contributed by atoms with E-state index in [1.54, 1.807) is 32.4 Å².